The number of hydrogen-bond donors (Lipinski definition) is 3. The van der Waals surface area contributed by atoms with E-state index in [2.05, 4.69) is 16.0 Å². The first kappa shape index (κ1) is 28.6. The Hall–Kier alpha value is -4.40. The van der Waals surface area contributed by atoms with Crippen LogP contribution in [-0.4, -0.2) is 23.0 Å². The molecule has 0 aromatic heterocycles. The monoisotopic (exact) mass is 573 g/mol. The van der Waals surface area contributed by atoms with Crippen LogP contribution in [0.5, 0.6) is 0 Å². The first-order chi connectivity index (χ1) is 19.3. The molecule has 0 aliphatic rings. The first-order valence-electron chi connectivity index (χ1n) is 12.2. The number of amides is 3. The summed E-state index contributed by atoms with van der Waals surface area (Å²) in [4.78, 5) is 39.3. The van der Waals surface area contributed by atoms with Crippen molar-refractivity contribution in [1.29, 1.82) is 0 Å². The van der Waals surface area contributed by atoms with Gasteiger partial charge < -0.3 is 16.0 Å². The van der Waals surface area contributed by atoms with Crippen LogP contribution in [-0.2, 0) is 9.59 Å². The highest BCUT2D eigenvalue weighted by molar-refractivity contribution is 8.00. The van der Waals surface area contributed by atoms with Gasteiger partial charge >= 0.3 is 0 Å². The molecule has 4 aromatic carbocycles. The quantitative estimate of drug-likeness (QED) is 0.148. The van der Waals surface area contributed by atoms with Crippen molar-refractivity contribution in [3.8, 4) is 0 Å². The molecule has 0 aliphatic carbocycles. The SMILES string of the molecule is CC(Sc1ccc(NC(=O)/C(=C/c2ccc(F)cc2)NC(=O)c2ccccc2)cc1)C(=O)Nc1cccc(Cl)c1. The van der Waals surface area contributed by atoms with Gasteiger partial charge in [0.1, 0.15) is 11.5 Å². The molecule has 0 radical (unpaired) electrons. The second-order valence-corrected chi connectivity index (χ2v) is 10.5. The van der Waals surface area contributed by atoms with E-state index in [1.807, 2.05) is 0 Å². The lowest BCUT2D eigenvalue weighted by molar-refractivity contribution is -0.115. The fourth-order valence-electron chi connectivity index (χ4n) is 3.55. The van der Waals surface area contributed by atoms with E-state index >= 15 is 0 Å². The molecule has 1 atom stereocenters. The largest absolute Gasteiger partial charge is 0.325 e. The molecule has 0 spiro atoms. The summed E-state index contributed by atoms with van der Waals surface area (Å²) in [6, 6.07) is 28.0. The molecule has 3 N–H and O–H groups in total. The number of nitrogens with one attached hydrogen (secondary N) is 3. The van der Waals surface area contributed by atoms with E-state index in [0.717, 1.165) is 4.90 Å². The molecular formula is C31H25ClFN3O3S. The minimum atomic E-state index is -0.553. The molecule has 0 heterocycles. The van der Waals surface area contributed by atoms with E-state index < -0.39 is 22.9 Å². The third kappa shape index (κ3) is 8.30. The summed E-state index contributed by atoms with van der Waals surface area (Å²) < 4.78 is 13.4. The molecule has 6 nitrogen and oxygen atoms in total. The van der Waals surface area contributed by atoms with Crippen LogP contribution in [0.1, 0.15) is 22.8 Å². The molecule has 0 bridgehead atoms. The van der Waals surface area contributed by atoms with Crippen molar-refractivity contribution in [2.45, 2.75) is 17.1 Å². The highest BCUT2D eigenvalue weighted by atomic mass is 35.5. The van der Waals surface area contributed by atoms with Crippen LogP contribution in [0.15, 0.2) is 114 Å². The number of carbonyl (C=O) groups is 3. The predicted octanol–water partition coefficient (Wildman–Crippen LogP) is 7.01. The summed E-state index contributed by atoms with van der Waals surface area (Å²) in [5.41, 5.74) is 2.02. The van der Waals surface area contributed by atoms with Crippen molar-refractivity contribution in [3.05, 3.63) is 131 Å². The summed E-state index contributed by atoms with van der Waals surface area (Å²) in [6.45, 7) is 1.79. The fourth-order valence-corrected chi connectivity index (χ4v) is 4.61. The number of carbonyl (C=O) groups excluding carboxylic acids is 3. The lowest BCUT2D eigenvalue weighted by Gasteiger charge is -2.14. The Balaban J connectivity index is 1.42. The molecule has 0 saturated carbocycles. The fraction of sp³-hybridized carbons (Fsp3) is 0.0645. The van der Waals surface area contributed by atoms with Gasteiger partial charge in [-0.15, -0.1) is 11.8 Å². The molecule has 4 rings (SSSR count). The van der Waals surface area contributed by atoms with Crippen LogP contribution < -0.4 is 16.0 Å². The van der Waals surface area contributed by atoms with E-state index in [0.29, 0.717) is 27.5 Å². The number of anilines is 2. The summed E-state index contributed by atoms with van der Waals surface area (Å²) >= 11 is 7.34. The highest BCUT2D eigenvalue weighted by Crippen LogP contribution is 2.26. The smallest absolute Gasteiger partial charge is 0.272 e. The number of benzene rings is 4. The number of rotatable bonds is 9. The molecular weight excluding hydrogens is 549 g/mol. The molecule has 0 aliphatic heterocycles. The zero-order chi connectivity index (χ0) is 28.5. The normalized spacial score (nSPS) is 11.8. The lowest BCUT2D eigenvalue weighted by atomic mass is 10.1. The summed E-state index contributed by atoms with van der Waals surface area (Å²) in [7, 11) is 0. The molecule has 4 aromatic rings. The van der Waals surface area contributed by atoms with Crippen LogP contribution in [0.25, 0.3) is 6.08 Å². The Morgan fingerprint density at radius 2 is 1.52 bits per heavy atom. The minimum absolute atomic E-state index is 0.00905. The maximum Gasteiger partial charge on any atom is 0.272 e. The van der Waals surface area contributed by atoms with Crippen molar-refractivity contribution in [2.24, 2.45) is 0 Å². The van der Waals surface area contributed by atoms with Gasteiger partial charge in [-0.25, -0.2) is 4.39 Å². The van der Waals surface area contributed by atoms with E-state index in [-0.39, 0.29) is 11.6 Å². The topological polar surface area (TPSA) is 87.3 Å². The Morgan fingerprint density at radius 1 is 0.825 bits per heavy atom. The molecule has 202 valence electrons. The molecule has 3 amide bonds. The Morgan fingerprint density at radius 3 is 2.20 bits per heavy atom. The standard InChI is InChI=1S/C31H25ClFN3O3S/c1-20(29(37)35-26-9-5-8-23(32)19-26)40-27-16-14-25(15-17-27)34-31(39)28(18-21-10-12-24(33)13-11-21)36-30(38)22-6-3-2-4-7-22/h2-20H,1H3,(H,34,39)(H,35,37)(H,36,38)/b28-18-. The summed E-state index contributed by atoms with van der Waals surface area (Å²) in [6.07, 6.45) is 1.47. The van der Waals surface area contributed by atoms with Crippen LogP contribution in [0, 0.1) is 5.82 Å². The van der Waals surface area contributed by atoms with Crippen LogP contribution in [0.4, 0.5) is 15.8 Å². The second-order valence-electron chi connectivity index (χ2n) is 8.67. The van der Waals surface area contributed by atoms with Crippen LogP contribution >= 0.6 is 23.4 Å². The summed E-state index contributed by atoms with van der Waals surface area (Å²) in [5, 5.41) is 8.41. The van der Waals surface area contributed by atoms with Gasteiger partial charge in [0, 0.05) is 26.9 Å². The van der Waals surface area contributed by atoms with Crippen LogP contribution in [0.2, 0.25) is 5.02 Å². The van der Waals surface area contributed by atoms with E-state index in [9.17, 15) is 18.8 Å². The van der Waals surface area contributed by atoms with Gasteiger partial charge in [0.05, 0.1) is 5.25 Å². The zero-order valence-electron chi connectivity index (χ0n) is 21.4. The molecule has 1 unspecified atom stereocenters. The molecule has 9 heteroatoms. The van der Waals surface area contributed by atoms with Crippen molar-refractivity contribution < 1.29 is 18.8 Å². The Labute approximate surface area is 240 Å². The number of halogens is 2. The molecule has 40 heavy (non-hydrogen) atoms. The third-order valence-corrected chi connectivity index (χ3v) is 6.94. The molecule has 0 fully saturated rings. The van der Waals surface area contributed by atoms with Gasteiger partial charge in [-0.05, 0) is 85.3 Å². The maximum atomic E-state index is 13.4. The van der Waals surface area contributed by atoms with Gasteiger partial charge in [-0.2, -0.15) is 0 Å². The first-order valence-corrected chi connectivity index (χ1v) is 13.5. The van der Waals surface area contributed by atoms with E-state index in [1.54, 1.807) is 85.8 Å². The summed E-state index contributed by atoms with van der Waals surface area (Å²) in [5.74, 6) is -1.59. The van der Waals surface area contributed by atoms with Gasteiger partial charge in [0.25, 0.3) is 11.8 Å². The van der Waals surface area contributed by atoms with E-state index in [4.69, 9.17) is 11.6 Å². The third-order valence-electron chi connectivity index (χ3n) is 5.60. The number of thioether (sulfide) groups is 1. The average molecular weight is 574 g/mol. The predicted molar refractivity (Wildman–Crippen MR) is 159 cm³/mol. The minimum Gasteiger partial charge on any atom is -0.325 e. The van der Waals surface area contributed by atoms with Crippen molar-refractivity contribution >= 4 is 58.5 Å². The van der Waals surface area contributed by atoms with Gasteiger partial charge in [0.2, 0.25) is 5.91 Å². The van der Waals surface area contributed by atoms with Crippen molar-refractivity contribution in [2.75, 3.05) is 10.6 Å². The van der Waals surface area contributed by atoms with Gasteiger partial charge in [0.15, 0.2) is 0 Å². The van der Waals surface area contributed by atoms with E-state index in [1.165, 1.54) is 42.1 Å². The Kier molecular flexibility index (Phi) is 9.72. The number of hydrogen-bond acceptors (Lipinski definition) is 4. The van der Waals surface area contributed by atoms with Gasteiger partial charge in [-0.3, -0.25) is 14.4 Å². The average Bonchev–Trinajstić information content (AvgIpc) is 2.95. The van der Waals surface area contributed by atoms with Crippen LogP contribution in [0.3, 0.4) is 0 Å². The van der Waals surface area contributed by atoms with Crippen molar-refractivity contribution in [3.63, 3.8) is 0 Å². The maximum absolute atomic E-state index is 13.4. The Bertz CT molecular complexity index is 1530. The zero-order valence-corrected chi connectivity index (χ0v) is 22.9. The highest BCUT2D eigenvalue weighted by Gasteiger charge is 2.17. The second kappa shape index (κ2) is 13.6. The van der Waals surface area contributed by atoms with Gasteiger partial charge in [-0.1, -0.05) is 48.0 Å². The van der Waals surface area contributed by atoms with Crippen molar-refractivity contribution in [1.82, 2.24) is 5.32 Å². The molecule has 0 saturated heterocycles. The lowest BCUT2D eigenvalue weighted by Crippen LogP contribution is -2.30.